The maximum Gasteiger partial charge on any atom is 0.325 e. The van der Waals surface area contributed by atoms with Crippen molar-refractivity contribution in [3.63, 3.8) is 0 Å². The minimum atomic E-state index is -0.821. The standard InChI is InChI=1S/C16H17N3O2/c1-11(14-10-17-7-8-18-14)19-9-6-12-4-2-3-5-13(12)15(19)16(20)21/h2-5,7-8,10-11,15H,6,9H2,1H3,(H,20,21). The van der Waals surface area contributed by atoms with Crippen LogP contribution in [0.25, 0.3) is 0 Å². The second-order valence-corrected chi connectivity index (χ2v) is 5.23. The van der Waals surface area contributed by atoms with Crippen molar-refractivity contribution in [2.24, 2.45) is 0 Å². The van der Waals surface area contributed by atoms with Gasteiger partial charge in [0.15, 0.2) is 0 Å². The largest absolute Gasteiger partial charge is 0.480 e. The highest BCUT2D eigenvalue weighted by Gasteiger charge is 2.36. The molecule has 5 nitrogen and oxygen atoms in total. The third-order valence-electron chi connectivity index (χ3n) is 4.06. The zero-order valence-electron chi connectivity index (χ0n) is 11.8. The van der Waals surface area contributed by atoms with Crippen molar-refractivity contribution < 1.29 is 9.90 Å². The molecule has 0 bridgehead atoms. The first-order valence-corrected chi connectivity index (χ1v) is 7.00. The summed E-state index contributed by atoms with van der Waals surface area (Å²) in [7, 11) is 0. The average Bonchev–Trinajstić information content (AvgIpc) is 2.53. The Balaban J connectivity index is 1.98. The number of hydrogen-bond acceptors (Lipinski definition) is 4. The van der Waals surface area contributed by atoms with Crippen LogP contribution in [0.4, 0.5) is 0 Å². The topological polar surface area (TPSA) is 66.3 Å². The number of nitrogens with zero attached hydrogens (tertiary/aromatic N) is 3. The molecule has 1 aromatic carbocycles. The molecule has 2 unspecified atom stereocenters. The van der Waals surface area contributed by atoms with E-state index in [1.807, 2.05) is 36.1 Å². The maximum absolute atomic E-state index is 11.8. The van der Waals surface area contributed by atoms with E-state index in [1.165, 1.54) is 0 Å². The molecular weight excluding hydrogens is 266 g/mol. The average molecular weight is 283 g/mol. The molecule has 0 spiro atoms. The third kappa shape index (κ3) is 2.52. The monoisotopic (exact) mass is 283 g/mol. The summed E-state index contributed by atoms with van der Waals surface area (Å²) in [5.41, 5.74) is 2.79. The van der Waals surface area contributed by atoms with Crippen LogP contribution in [0.15, 0.2) is 42.9 Å². The Morgan fingerprint density at radius 2 is 2.19 bits per heavy atom. The molecule has 1 aliphatic rings. The molecule has 3 rings (SSSR count). The molecule has 0 amide bonds. The fourth-order valence-electron chi connectivity index (χ4n) is 2.97. The predicted octanol–water partition coefficient (Wildman–Crippen LogP) is 2.22. The molecular formula is C16H17N3O2. The Labute approximate surface area is 123 Å². The van der Waals surface area contributed by atoms with Crippen LogP contribution >= 0.6 is 0 Å². The van der Waals surface area contributed by atoms with Gasteiger partial charge in [-0.25, -0.2) is 0 Å². The number of benzene rings is 1. The van der Waals surface area contributed by atoms with Crippen LogP contribution in [0.2, 0.25) is 0 Å². The smallest absolute Gasteiger partial charge is 0.325 e. The first-order valence-electron chi connectivity index (χ1n) is 7.00. The fourth-order valence-corrected chi connectivity index (χ4v) is 2.97. The molecule has 0 saturated carbocycles. The van der Waals surface area contributed by atoms with E-state index in [4.69, 9.17) is 0 Å². The highest BCUT2D eigenvalue weighted by atomic mass is 16.4. The van der Waals surface area contributed by atoms with Crippen LogP contribution in [0.3, 0.4) is 0 Å². The Morgan fingerprint density at radius 1 is 1.38 bits per heavy atom. The number of aliphatic carboxylic acids is 1. The molecule has 5 heteroatoms. The maximum atomic E-state index is 11.8. The summed E-state index contributed by atoms with van der Waals surface area (Å²) in [4.78, 5) is 22.2. The number of rotatable bonds is 3. The van der Waals surface area contributed by atoms with E-state index in [0.29, 0.717) is 6.54 Å². The zero-order chi connectivity index (χ0) is 14.8. The van der Waals surface area contributed by atoms with Gasteiger partial charge in [0, 0.05) is 25.1 Å². The second-order valence-electron chi connectivity index (χ2n) is 5.23. The van der Waals surface area contributed by atoms with E-state index in [1.54, 1.807) is 18.6 Å². The quantitative estimate of drug-likeness (QED) is 0.935. The first-order chi connectivity index (χ1) is 10.2. The fraction of sp³-hybridized carbons (Fsp3) is 0.312. The molecule has 0 saturated heterocycles. The van der Waals surface area contributed by atoms with Crippen molar-refractivity contribution >= 4 is 5.97 Å². The molecule has 1 N–H and O–H groups in total. The Bertz CT molecular complexity index is 645. The van der Waals surface area contributed by atoms with Crippen LogP contribution in [0.5, 0.6) is 0 Å². The van der Waals surface area contributed by atoms with Crippen molar-refractivity contribution in [3.8, 4) is 0 Å². The van der Waals surface area contributed by atoms with E-state index < -0.39 is 12.0 Å². The van der Waals surface area contributed by atoms with Gasteiger partial charge in [0.05, 0.1) is 11.7 Å². The highest BCUT2D eigenvalue weighted by molar-refractivity contribution is 5.76. The van der Waals surface area contributed by atoms with Crippen molar-refractivity contribution in [3.05, 3.63) is 59.7 Å². The summed E-state index contributed by atoms with van der Waals surface area (Å²) in [5.74, 6) is -0.821. The number of carbonyl (C=O) groups is 1. The molecule has 2 aromatic rings. The number of fused-ring (bicyclic) bond motifs is 1. The number of carboxylic acids is 1. The van der Waals surface area contributed by atoms with Crippen LogP contribution in [0, 0.1) is 0 Å². The normalized spacial score (nSPS) is 19.8. The summed E-state index contributed by atoms with van der Waals surface area (Å²) in [6.45, 7) is 2.68. The van der Waals surface area contributed by atoms with E-state index in [2.05, 4.69) is 9.97 Å². The van der Waals surface area contributed by atoms with Gasteiger partial charge in [0.25, 0.3) is 0 Å². The summed E-state index contributed by atoms with van der Waals surface area (Å²) in [5, 5.41) is 9.67. The van der Waals surface area contributed by atoms with E-state index in [0.717, 1.165) is 23.2 Å². The lowest BCUT2D eigenvalue weighted by atomic mass is 9.91. The third-order valence-corrected chi connectivity index (χ3v) is 4.06. The van der Waals surface area contributed by atoms with Gasteiger partial charge in [0.2, 0.25) is 0 Å². The first kappa shape index (κ1) is 13.7. The molecule has 0 fully saturated rings. The zero-order valence-corrected chi connectivity index (χ0v) is 11.8. The molecule has 0 radical (unpaired) electrons. The predicted molar refractivity (Wildman–Crippen MR) is 77.7 cm³/mol. The summed E-state index contributed by atoms with van der Waals surface area (Å²) in [6, 6.07) is 7.05. The number of hydrogen-bond donors (Lipinski definition) is 1. The Morgan fingerprint density at radius 3 is 2.90 bits per heavy atom. The van der Waals surface area contributed by atoms with Crippen molar-refractivity contribution in [2.75, 3.05) is 6.54 Å². The van der Waals surface area contributed by atoms with Crippen LogP contribution < -0.4 is 0 Å². The van der Waals surface area contributed by atoms with Gasteiger partial charge < -0.3 is 5.11 Å². The van der Waals surface area contributed by atoms with E-state index in [-0.39, 0.29) is 6.04 Å². The SMILES string of the molecule is CC(c1cnccn1)N1CCc2ccccc2C1C(=O)O. The minimum absolute atomic E-state index is 0.0897. The second kappa shape index (κ2) is 5.61. The molecule has 21 heavy (non-hydrogen) atoms. The van der Waals surface area contributed by atoms with Gasteiger partial charge in [-0.3, -0.25) is 19.7 Å². The summed E-state index contributed by atoms with van der Waals surface area (Å²) < 4.78 is 0. The Hall–Kier alpha value is -2.27. The van der Waals surface area contributed by atoms with Gasteiger partial charge in [-0.2, -0.15) is 0 Å². The summed E-state index contributed by atoms with van der Waals surface area (Å²) >= 11 is 0. The molecule has 1 aromatic heterocycles. The molecule has 1 aliphatic heterocycles. The molecule has 0 aliphatic carbocycles. The Kier molecular flexibility index (Phi) is 3.66. The highest BCUT2D eigenvalue weighted by Crippen LogP contribution is 2.35. The van der Waals surface area contributed by atoms with Crippen LogP contribution in [0.1, 0.15) is 35.8 Å². The van der Waals surface area contributed by atoms with Gasteiger partial charge in [0.1, 0.15) is 6.04 Å². The molecule has 2 heterocycles. The van der Waals surface area contributed by atoms with Crippen molar-refractivity contribution in [1.82, 2.24) is 14.9 Å². The lowest BCUT2D eigenvalue weighted by Crippen LogP contribution is -2.41. The summed E-state index contributed by atoms with van der Waals surface area (Å²) in [6.07, 6.45) is 5.81. The number of aromatic nitrogens is 2. The van der Waals surface area contributed by atoms with E-state index in [9.17, 15) is 9.90 Å². The van der Waals surface area contributed by atoms with E-state index >= 15 is 0 Å². The van der Waals surface area contributed by atoms with Crippen LogP contribution in [-0.4, -0.2) is 32.5 Å². The van der Waals surface area contributed by atoms with Crippen molar-refractivity contribution in [2.45, 2.75) is 25.4 Å². The number of carboxylic acid groups (broad SMARTS) is 1. The van der Waals surface area contributed by atoms with Gasteiger partial charge in [-0.15, -0.1) is 0 Å². The lowest BCUT2D eigenvalue weighted by Gasteiger charge is -2.38. The van der Waals surface area contributed by atoms with Crippen LogP contribution in [-0.2, 0) is 11.2 Å². The molecule has 108 valence electrons. The van der Waals surface area contributed by atoms with Gasteiger partial charge in [-0.1, -0.05) is 24.3 Å². The minimum Gasteiger partial charge on any atom is -0.480 e. The molecule has 2 atom stereocenters. The van der Waals surface area contributed by atoms with Crippen molar-refractivity contribution in [1.29, 1.82) is 0 Å². The van der Waals surface area contributed by atoms with Gasteiger partial charge in [-0.05, 0) is 24.5 Å². The van der Waals surface area contributed by atoms with Gasteiger partial charge >= 0.3 is 5.97 Å². The lowest BCUT2D eigenvalue weighted by molar-refractivity contribution is -0.145.